The van der Waals surface area contributed by atoms with Gasteiger partial charge in [0.05, 0.1) is 20.5 Å². The van der Waals surface area contributed by atoms with Crippen molar-refractivity contribution in [3.05, 3.63) is 28.9 Å². The summed E-state index contributed by atoms with van der Waals surface area (Å²) in [7, 11) is -3.42. The first-order valence-electron chi connectivity index (χ1n) is 11.6. The van der Waals surface area contributed by atoms with Crippen LogP contribution in [0.2, 0.25) is 5.02 Å². The molecule has 0 saturated heterocycles. The van der Waals surface area contributed by atoms with Crippen LogP contribution in [0.1, 0.15) is 51.6 Å². The molecule has 0 aliphatic heterocycles. The molecule has 1 aromatic carbocycles. The number of hydrogen-bond acceptors (Lipinski definition) is 7. The number of rotatable bonds is 10. The smallest absolute Gasteiger partial charge is 0.320 e. The summed E-state index contributed by atoms with van der Waals surface area (Å²) < 4.78 is 24.0. The number of nitrogens with zero attached hydrogens (tertiary/aromatic N) is 1. The maximum absolute atomic E-state index is 12.0. The van der Waals surface area contributed by atoms with E-state index in [4.69, 9.17) is 11.6 Å². The van der Waals surface area contributed by atoms with Crippen LogP contribution in [0.15, 0.2) is 23.1 Å². The molecule has 1 aliphatic carbocycles. The molecule has 34 heavy (non-hydrogen) atoms. The Kier molecular flexibility index (Phi) is 9.00. The molecule has 10 heteroatoms. The van der Waals surface area contributed by atoms with Gasteiger partial charge in [0, 0.05) is 18.8 Å². The first kappa shape index (κ1) is 26.9. The third-order valence-corrected chi connectivity index (χ3v) is 8.96. The zero-order valence-electron chi connectivity index (χ0n) is 20.1. The molecular weight excluding hydrogens is 494 g/mol. The molecule has 1 fully saturated rings. The van der Waals surface area contributed by atoms with Crippen molar-refractivity contribution in [1.82, 2.24) is 10.3 Å². The van der Waals surface area contributed by atoms with Crippen LogP contribution >= 0.6 is 22.9 Å². The first-order chi connectivity index (χ1) is 15.9. The van der Waals surface area contributed by atoms with Gasteiger partial charge in [0.25, 0.3) is 0 Å². The third kappa shape index (κ3) is 7.16. The van der Waals surface area contributed by atoms with Crippen LogP contribution in [-0.4, -0.2) is 49.4 Å². The van der Waals surface area contributed by atoms with Gasteiger partial charge >= 0.3 is 5.97 Å². The number of sulfone groups is 1. The molecule has 0 unspecified atom stereocenters. The van der Waals surface area contributed by atoms with Gasteiger partial charge < -0.3 is 15.7 Å². The Morgan fingerprint density at radius 1 is 1.26 bits per heavy atom. The average Bonchev–Trinajstić information content (AvgIpc) is 3.12. The molecule has 1 atom stereocenters. The highest BCUT2D eigenvalue weighted by atomic mass is 35.5. The van der Waals surface area contributed by atoms with Crippen molar-refractivity contribution in [3.8, 4) is 10.4 Å². The van der Waals surface area contributed by atoms with E-state index in [1.165, 1.54) is 11.3 Å². The van der Waals surface area contributed by atoms with Crippen molar-refractivity contribution in [2.75, 3.05) is 18.1 Å². The molecule has 1 aliphatic rings. The van der Waals surface area contributed by atoms with Gasteiger partial charge in [-0.05, 0) is 68.6 Å². The van der Waals surface area contributed by atoms with Crippen molar-refractivity contribution in [2.24, 2.45) is 11.8 Å². The number of carbonyl (C=O) groups is 1. The van der Waals surface area contributed by atoms with E-state index in [2.05, 4.69) is 15.6 Å². The van der Waals surface area contributed by atoms with Crippen LogP contribution in [0.25, 0.3) is 10.4 Å². The highest BCUT2D eigenvalue weighted by Gasteiger charge is 2.27. The lowest BCUT2D eigenvalue weighted by atomic mass is 9.85. The number of carboxylic acid groups (broad SMARTS) is 1. The Balaban J connectivity index is 1.56. The second kappa shape index (κ2) is 11.4. The SMILES string of the molecule is Cc1nc(NCC2CCC(N[C@H](CC(C)C)C(=O)O)CC2)sc1-c1ccc(Cl)c(S(C)(=O)=O)c1. The number of carboxylic acids is 1. The lowest BCUT2D eigenvalue weighted by molar-refractivity contribution is -0.140. The molecule has 0 spiro atoms. The van der Waals surface area contributed by atoms with Crippen molar-refractivity contribution < 1.29 is 18.3 Å². The normalized spacial score (nSPS) is 19.8. The Labute approximate surface area is 211 Å². The number of benzene rings is 1. The first-order valence-corrected chi connectivity index (χ1v) is 14.7. The van der Waals surface area contributed by atoms with E-state index in [0.717, 1.165) is 59.7 Å². The lowest BCUT2D eigenvalue weighted by Crippen LogP contribution is -2.45. The van der Waals surface area contributed by atoms with Crippen molar-refractivity contribution in [2.45, 2.75) is 69.9 Å². The zero-order chi connectivity index (χ0) is 25.0. The number of thiazole rings is 1. The van der Waals surface area contributed by atoms with E-state index in [-0.39, 0.29) is 16.0 Å². The van der Waals surface area contributed by atoms with E-state index in [0.29, 0.717) is 18.3 Å². The van der Waals surface area contributed by atoms with Crippen LogP contribution < -0.4 is 10.6 Å². The van der Waals surface area contributed by atoms with E-state index in [1.54, 1.807) is 12.1 Å². The molecule has 1 aromatic heterocycles. The van der Waals surface area contributed by atoms with E-state index in [1.807, 2.05) is 26.8 Å². The standard InChI is InChI=1S/C24H34ClN3O4S2/c1-14(2)11-20(23(29)30)28-18-8-5-16(6-9-18)13-26-24-27-15(3)22(33-24)17-7-10-19(25)21(12-17)34(4,31)32/h7,10,12,14,16,18,20,28H,5-6,8-9,11,13H2,1-4H3,(H,26,27)(H,29,30)/t16?,18?,20-/m1/s1. The number of aliphatic carboxylic acids is 1. The van der Waals surface area contributed by atoms with Gasteiger partial charge in [-0.3, -0.25) is 4.79 Å². The maximum atomic E-state index is 12.0. The minimum absolute atomic E-state index is 0.123. The minimum Gasteiger partial charge on any atom is -0.480 e. The topological polar surface area (TPSA) is 108 Å². The second-order valence-electron chi connectivity index (χ2n) is 9.64. The number of aromatic nitrogens is 1. The molecule has 3 rings (SSSR count). The third-order valence-electron chi connectivity index (χ3n) is 6.22. The molecule has 0 amide bonds. The fourth-order valence-electron chi connectivity index (χ4n) is 4.43. The van der Waals surface area contributed by atoms with Crippen molar-refractivity contribution in [1.29, 1.82) is 0 Å². The van der Waals surface area contributed by atoms with E-state index < -0.39 is 21.8 Å². The van der Waals surface area contributed by atoms with Gasteiger partial charge in [-0.15, -0.1) is 0 Å². The highest BCUT2D eigenvalue weighted by molar-refractivity contribution is 7.90. The van der Waals surface area contributed by atoms with Crippen LogP contribution in [0.5, 0.6) is 0 Å². The Hall–Kier alpha value is -1.68. The number of nitrogens with one attached hydrogen (secondary N) is 2. The number of halogens is 1. The second-order valence-corrected chi connectivity index (χ2v) is 13.0. The summed E-state index contributed by atoms with van der Waals surface area (Å²) in [5, 5.41) is 17.3. The average molecular weight is 528 g/mol. The zero-order valence-corrected chi connectivity index (χ0v) is 22.5. The molecule has 1 saturated carbocycles. The van der Waals surface area contributed by atoms with Crippen LogP contribution in [0.3, 0.4) is 0 Å². The number of hydrogen-bond donors (Lipinski definition) is 3. The Morgan fingerprint density at radius 3 is 2.53 bits per heavy atom. The molecule has 3 N–H and O–H groups in total. The molecule has 0 radical (unpaired) electrons. The maximum Gasteiger partial charge on any atom is 0.320 e. The number of anilines is 1. The van der Waals surface area contributed by atoms with Crippen LogP contribution in [-0.2, 0) is 14.6 Å². The summed E-state index contributed by atoms with van der Waals surface area (Å²) >= 11 is 7.59. The van der Waals surface area contributed by atoms with Gasteiger partial charge in [-0.1, -0.05) is 42.9 Å². The van der Waals surface area contributed by atoms with Gasteiger partial charge in [0.15, 0.2) is 15.0 Å². The van der Waals surface area contributed by atoms with Gasteiger partial charge in [0.2, 0.25) is 0 Å². The summed E-state index contributed by atoms with van der Waals surface area (Å²) in [5.74, 6) is 0.0786. The Bertz CT molecular complexity index is 1110. The van der Waals surface area contributed by atoms with Gasteiger partial charge in [-0.25, -0.2) is 13.4 Å². The predicted octanol–water partition coefficient (Wildman–Crippen LogP) is 5.24. The molecule has 188 valence electrons. The van der Waals surface area contributed by atoms with E-state index in [9.17, 15) is 18.3 Å². The number of aryl methyl sites for hydroxylation is 1. The van der Waals surface area contributed by atoms with Crippen molar-refractivity contribution in [3.63, 3.8) is 0 Å². The lowest BCUT2D eigenvalue weighted by Gasteiger charge is -2.31. The van der Waals surface area contributed by atoms with E-state index >= 15 is 0 Å². The Morgan fingerprint density at radius 2 is 1.94 bits per heavy atom. The largest absolute Gasteiger partial charge is 0.480 e. The van der Waals surface area contributed by atoms with Gasteiger partial charge in [0.1, 0.15) is 6.04 Å². The summed E-state index contributed by atoms with van der Waals surface area (Å²) in [4.78, 5) is 17.2. The monoisotopic (exact) mass is 527 g/mol. The minimum atomic E-state index is -3.42. The molecule has 7 nitrogen and oxygen atoms in total. The molecule has 1 heterocycles. The van der Waals surface area contributed by atoms with Crippen LogP contribution in [0, 0.1) is 18.8 Å². The summed E-state index contributed by atoms with van der Waals surface area (Å²) in [6, 6.07) is 4.81. The fourth-order valence-corrected chi connectivity index (χ4v) is 6.70. The van der Waals surface area contributed by atoms with Crippen molar-refractivity contribution >= 4 is 43.9 Å². The fraction of sp³-hybridized carbons (Fsp3) is 0.583. The predicted molar refractivity (Wildman–Crippen MR) is 139 cm³/mol. The van der Waals surface area contributed by atoms with Crippen LogP contribution in [0.4, 0.5) is 5.13 Å². The molecular formula is C24H34ClN3O4S2. The summed E-state index contributed by atoms with van der Waals surface area (Å²) in [6.07, 6.45) is 5.79. The highest BCUT2D eigenvalue weighted by Crippen LogP contribution is 2.36. The summed E-state index contributed by atoms with van der Waals surface area (Å²) in [6.45, 7) is 6.81. The quantitative estimate of drug-likeness (QED) is 0.388. The van der Waals surface area contributed by atoms with Gasteiger partial charge in [-0.2, -0.15) is 0 Å². The molecule has 2 aromatic rings. The molecule has 0 bridgehead atoms. The summed E-state index contributed by atoms with van der Waals surface area (Å²) in [5.41, 5.74) is 1.63.